The second kappa shape index (κ2) is 6.84. The summed E-state index contributed by atoms with van der Waals surface area (Å²) >= 11 is 3.45. The number of halogens is 1. The van der Waals surface area contributed by atoms with Gasteiger partial charge in [-0.15, -0.1) is 0 Å². The molecule has 0 aliphatic carbocycles. The van der Waals surface area contributed by atoms with E-state index in [0.717, 1.165) is 29.1 Å². The van der Waals surface area contributed by atoms with Crippen molar-refractivity contribution in [1.29, 1.82) is 0 Å². The Balaban J connectivity index is 1.94. The summed E-state index contributed by atoms with van der Waals surface area (Å²) in [6.07, 6.45) is 2.97. The third-order valence-electron chi connectivity index (χ3n) is 4.60. The molecule has 0 aromatic heterocycles. The molecule has 1 amide bonds. The standard InChI is InChI=1S/C18H20BrNO3S/c1-13-6-4-5-11-20(13)18(21)12-24(22,23)17-10-9-16(19)14-7-2-3-8-15(14)17/h2-3,7-10,13H,4-6,11-12H2,1H3. The molecule has 1 atom stereocenters. The van der Waals surface area contributed by atoms with E-state index >= 15 is 0 Å². The molecule has 1 unspecified atom stereocenters. The number of rotatable bonds is 3. The zero-order valence-corrected chi connectivity index (χ0v) is 15.9. The van der Waals surface area contributed by atoms with Crippen molar-refractivity contribution in [3.63, 3.8) is 0 Å². The maximum Gasteiger partial charge on any atom is 0.238 e. The summed E-state index contributed by atoms with van der Waals surface area (Å²) < 4.78 is 26.5. The average Bonchev–Trinajstić information content (AvgIpc) is 2.55. The number of benzene rings is 2. The van der Waals surface area contributed by atoms with Crippen LogP contribution in [0.2, 0.25) is 0 Å². The zero-order chi connectivity index (χ0) is 17.3. The molecule has 0 saturated carbocycles. The van der Waals surface area contributed by atoms with E-state index in [1.807, 2.05) is 25.1 Å². The van der Waals surface area contributed by atoms with Crippen LogP contribution < -0.4 is 0 Å². The van der Waals surface area contributed by atoms with E-state index in [4.69, 9.17) is 0 Å². The van der Waals surface area contributed by atoms with E-state index < -0.39 is 15.6 Å². The highest BCUT2D eigenvalue weighted by Gasteiger charge is 2.29. The average molecular weight is 410 g/mol. The summed E-state index contributed by atoms with van der Waals surface area (Å²) in [5, 5.41) is 1.48. The lowest BCUT2D eigenvalue weighted by atomic mass is 10.0. The van der Waals surface area contributed by atoms with Gasteiger partial charge < -0.3 is 4.90 Å². The monoisotopic (exact) mass is 409 g/mol. The third-order valence-corrected chi connectivity index (χ3v) is 6.95. The normalized spacial score (nSPS) is 18.8. The molecule has 0 spiro atoms. The molecule has 1 aliphatic heterocycles. The molecular weight excluding hydrogens is 390 g/mol. The van der Waals surface area contributed by atoms with Gasteiger partial charge in [-0.1, -0.05) is 40.2 Å². The fourth-order valence-corrected chi connectivity index (χ4v) is 5.21. The van der Waals surface area contributed by atoms with Gasteiger partial charge in [0.25, 0.3) is 0 Å². The Morgan fingerprint density at radius 2 is 1.88 bits per heavy atom. The summed E-state index contributed by atoms with van der Waals surface area (Å²) in [7, 11) is -3.69. The summed E-state index contributed by atoms with van der Waals surface area (Å²) in [6.45, 7) is 2.63. The molecule has 1 saturated heterocycles. The molecule has 1 aliphatic rings. The Morgan fingerprint density at radius 3 is 2.58 bits per heavy atom. The summed E-state index contributed by atoms with van der Waals surface area (Å²) in [5.74, 6) is -0.766. The molecule has 24 heavy (non-hydrogen) atoms. The predicted octanol–water partition coefficient (Wildman–Crippen LogP) is 3.78. The Morgan fingerprint density at radius 1 is 1.17 bits per heavy atom. The number of sulfone groups is 1. The van der Waals surface area contributed by atoms with E-state index in [2.05, 4.69) is 15.9 Å². The first-order valence-electron chi connectivity index (χ1n) is 8.09. The fraction of sp³-hybridized carbons (Fsp3) is 0.389. The first-order chi connectivity index (χ1) is 11.4. The van der Waals surface area contributed by atoms with Crippen LogP contribution in [-0.2, 0) is 14.6 Å². The smallest absolute Gasteiger partial charge is 0.238 e. The summed E-state index contributed by atoms with van der Waals surface area (Å²) in [6, 6.07) is 10.7. The Labute approximate surface area is 150 Å². The van der Waals surface area contributed by atoms with Gasteiger partial charge >= 0.3 is 0 Å². The zero-order valence-electron chi connectivity index (χ0n) is 13.5. The number of carbonyl (C=O) groups is 1. The Kier molecular flexibility index (Phi) is 4.97. The number of fused-ring (bicyclic) bond motifs is 1. The molecule has 0 N–H and O–H groups in total. The van der Waals surface area contributed by atoms with Gasteiger partial charge in [0.2, 0.25) is 5.91 Å². The van der Waals surface area contributed by atoms with Gasteiger partial charge in [-0.05, 0) is 43.7 Å². The van der Waals surface area contributed by atoms with Gasteiger partial charge in [-0.2, -0.15) is 0 Å². The van der Waals surface area contributed by atoms with Crippen LogP contribution in [0.4, 0.5) is 0 Å². The van der Waals surface area contributed by atoms with Crippen LogP contribution in [0, 0.1) is 0 Å². The van der Waals surface area contributed by atoms with Crippen LogP contribution >= 0.6 is 15.9 Å². The fourth-order valence-electron chi connectivity index (χ4n) is 3.30. The Bertz CT molecular complexity index is 879. The van der Waals surface area contributed by atoms with Crippen molar-refractivity contribution in [2.24, 2.45) is 0 Å². The topological polar surface area (TPSA) is 54.5 Å². The maximum atomic E-state index is 12.9. The molecule has 1 heterocycles. The van der Waals surface area contributed by atoms with Crippen molar-refractivity contribution >= 4 is 42.4 Å². The van der Waals surface area contributed by atoms with Crippen LogP contribution in [-0.4, -0.2) is 37.6 Å². The van der Waals surface area contributed by atoms with Crippen LogP contribution in [0.1, 0.15) is 26.2 Å². The molecule has 4 nitrogen and oxygen atoms in total. The highest BCUT2D eigenvalue weighted by molar-refractivity contribution is 9.10. The third kappa shape index (κ3) is 3.35. The van der Waals surface area contributed by atoms with E-state index in [9.17, 15) is 13.2 Å². The number of hydrogen-bond donors (Lipinski definition) is 0. The molecule has 0 radical (unpaired) electrons. The minimum absolute atomic E-state index is 0.114. The molecule has 2 aromatic carbocycles. The molecule has 3 rings (SSSR count). The van der Waals surface area contributed by atoms with Gasteiger partial charge in [0.05, 0.1) is 4.90 Å². The summed E-state index contributed by atoms with van der Waals surface area (Å²) in [5.41, 5.74) is 0. The first kappa shape index (κ1) is 17.4. The molecule has 1 fully saturated rings. The summed E-state index contributed by atoms with van der Waals surface area (Å²) in [4.78, 5) is 14.5. The van der Waals surface area contributed by atoms with Gasteiger partial charge in [0, 0.05) is 22.4 Å². The van der Waals surface area contributed by atoms with Crippen LogP contribution in [0.25, 0.3) is 10.8 Å². The van der Waals surface area contributed by atoms with E-state index in [1.165, 1.54) is 0 Å². The minimum Gasteiger partial charge on any atom is -0.339 e. The largest absolute Gasteiger partial charge is 0.339 e. The van der Waals surface area contributed by atoms with E-state index in [1.54, 1.807) is 23.1 Å². The molecule has 128 valence electrons. The maximum absolute atomic E-state index is 12.9. The molecular formula is C18H20BrNO3S. The lowest BCUT2D eigenvalue weighted by Gasteiger charge is -2.33. The number of amides is 1. The second-order valence-corrected chi connectivity index (χ2v) is 9.09. The number of hydrogen-bond acceptors (Lipinski definition) is 3. The van der Waals surface area contributed by atoms with Gasteiger partial charge in [0.15, 0.2) is 9.84 Å². The minimum atomic E-state index is -3.69. The van der Waals surface area contributed by atoms with Gasteiger partial charge in [0.1, 0.15) is 5.75 Å². The SMILES string of the molecule is CC1CCCCN1C(=O)CS(=O)(=O)c1ccc(Br)c2ccccc12. The van der Waals surface area contributed by atoms with Crippen LogP contribution in [0.5, 0.6) is 0 Å². The van der Waals surface area contributed by atoms with E-state index in [0.29, 0.717) is 11.9 Å². The van der Waals surface area contributed by atoms with Crippen LogP contribution in [0.3, 0.4) is 0 Å². The van der Waals surface area contributed by atoms with Crippen molar-refractivity contribution in [3.8, 4) is 0 Å². The van der Waals surface area contributed by atoms with Crippen molar-refractivity contribution in [3.05, 3.63) is 40.9 Å². The lowest BCUT2D eigenvalue weighted by Crippen LogP contribution is -2.44. The van der Waals surface area contributed by atoms with Gasteiger partial charge in [-0.25, -0.2) is 8.42 Å². The number of nitrogens with zero attached hydrogens (tertiary/aromatic N) is 1. The number of likely N-dealkylation sites (tertiary alicyclic amines) is 1. The van der Waals surface area contributed by atoms with E-state index in [-0.39, 0.29) is 16.8 Å². The molecule has 6 heteroatoms. The second-order valence-electron chi connectivity index (χ2n) is 6.28. The molecule has 2 aromatic rings. The lowest BCUT2D eigenvalue weighted by molar-refractivity contribution is -0.131. The van der Waals surface area contributed by atoms with Crippen molar-refractivity contribution in [1.82, 2.24) is 4.90 Å². The van der Waals surface area contributed by atoms with Crippen LogP contribution in [0.15, 0.2) is 45.8 Å². The highest BCUT2D eigenvalue weighted by Crippen LogP contribution is 2.30. The van der Waals surface area contributed by atoms with Gasteiger partial charge in [-0.3, -0.25) is 4.79 Å². The number of piperidine rings is 1. The predicted molar refractivity (Wildman–Crippen MR) is 98.7 cm³/mol. The number of carbonyl (C=O) groups excluding carboxylic acids is 1. The Hall–Kier alpha value is -1.40. The van der Waals surface area contributed by atoms with Crippen molar-refractivity contribution < 1.29 is 13.2 Å². The molecule has 0 bridgehead atoms. The quantitative estimate of drug-likeness (QED) is 0.774. The van der Waals surface area contributed by atoms with Crippen molar-refractivity contribution in [2.45, 2.75) is 37.1 Å². The highest BCUT2D eigenvalue weighted by atomic mass is 79.9. The van der Waals surface area contributed by atoms with Crippen molar-refractivity contribution in [2.75, 3.05) is 12.3 Å². The first-order valence-corrected chi connectivity index (χ1v) is 10.5.